The Morgan fingerprint density at radius 3 is 1.39 bits per heavy atom. The molecule has 3 atom stereocenters. The molecule has 0 radical (unpaired) electrons. The number of nitrogens with zero attached hydrogens (tertiary/aromatic N) is 1. The summed E-state index contributed by atoms with van der Waals surface area (Å²) in [4.78, 5) is 2.47. The van der Waals surface area contributed by atoms with Crippen molar-refractivity contribution in [1.29, 1.82) is 0 Å². The number of ether oxygens (including phenoxy) is 1. The minimum absolute atomic E-state index is 0.0110. The molecular weight excluding hydrogens is 1070 g/mol. The highest BCUT2D eigenvalue weighted by Gasteiger charge is 2.48. The minimum Gasteiger partial charge on any atom is -0.489 e. The molecule has 0 amide bonds. The zero-order valence-corrected chi connectivity index (χ0v) is 51.8. The van der Waals surface area contributed by atoms with E-state index in [4.69, 9.17) is 4.74 Å². The van der Waals surface area contributed by atoms with Crippen molar-refractivity contribution < 1.29 is 4.74 Å². The molecule has 0 aliphatic heterocycles. The van der Waals surface area contributed by atoms with Crippen LogP contribution in [-0.4, -0.2) is 0 Å². The van der Waals surface area contributed by atoms with Crippen molar-refractivity contribution in [3.63, 3.8) is 0 Å². The maximum absolute atomic E-state index is 6.70. The van der Waals surface area contributed by atoms with Crippen molar-refractivity contribution >= 4 is 17.1 Å². The van der Waals surface area contributed by atoms with Crippen molar-refractivity contribution in [2.45, 2.75) is 95.0 Å². The van der Waals surface area contributed by atoms with E-state index < -0.39 is 10.8 Å². The lowest BCUT2D eigenvalue weighted by atomic mass is 9.67. The van der Waals surface area contributed by atoms with Crippen LogP contribution in [0.25, 0.3) is 33.4 Å². The fourth-order valence-corrected chi connectivity index (χ4v) is 15.3. The predicted octanol–water partition coefficient (Wildman–Crippen LogP) is 22.2. The van der Waals surface area contributed by atoms with Gasteiger partial charge in [-0.25, -0.2) is 0 Å². The number of fused-ring (bicyclic) bond motifs is 7. The number of benzene rings is 12. The molecule has 15 rings (SSSR count). The number of aryl methyl sites for hydroxylation is 2. The Morgan fingerprint density at radius 1 is 0.404 bits per heavy atom. The average molecular weight is 1150 g/mol. The highest BCUT2D eigenvalue weighted by molar-refractivity contribution is 5.92. The topological polar surface area (TPSA) is 12.5 Å². The van der Waals surface area contributed by atoms with Gasteiger partial charge in [0.2, 0.25) is 0 Å². The fourth-order valence-electron chi connectivity index (χ4n) is 15.3. The van der Waals surface area contributed by atoms with Crippen LogP contribution < -0.4 is 9.64 Å². The summed E-state index contributed by atoms with van der Waals surface area (Å²) in [6.07, 6.45) is 4.65. The molecule has 12 aromatic rings. The maximum atomic E-state index is 6.70. The van der Waals surface area contributed by atoms with Crippen LogP contribution >= 0.6 is 0 Å². The Morgan fingerprint density at radius 2 is 0.876 bits per heavy atom. The molecule has 3 unspecified atom stereocenters. The van der Waals surface area contributed by atoms with Gasteiger partial charge in [-0.05, 0) is 203 Å². The molecule has 12 aromatic carbocycles. The van der Waals surface area contributed by atoms with E-state index in [1.165, 1.54) is 119 Å². The second-order valence-electron chi connectivity index (χ2n) is 26.2. The van der Waals surface area contributed by atoms with E-state index >= 15 is 0 Å². The van der Waals surface area contributed by atoms with Gasteiger partial charge in [0, 0.05) is 17.1 Å². The van der Waals surface area contributed by atoms with Crippen molar-refractivity contribution in [3.05, 3.63) is 369 Å². The summed E-state index contributed by atoms with van der Waals surface area (Å²) < 4.78 is 6.70. The number of para-hydroxylation sites is 1. The van der Waals surface area contributed by atoms with Gasteiger partial charge >= 0.3 is 0 Å². The summed E-state index contributed by atoms with van der Waals surface area (Å²) in [5.74, 6) is 1.77. The summed E-state index contributed by atoms with van der Waals surface area (Å²) in [6, 6.07) is 110. The molecule has 0 aromatic heterocycles. The van der Waals surface area contributed by atoms with E-state index in [2.05, 4.69) is 331 Å². The highest BCUT2D eigenvalue weighted by Crippen LogP contribution is 2.60. The summed E-state index contributed by atoms with van der Waals surface area (Å²) in [6.45, 7) is 12.1. The summed E-state index contributed by atoms with van der Waals surface area (Å²) >= 11 is 0. The lowest BCUT2D eigenvalue weighted by Crippen LogP contribution is -2.29. The molecule has 89 heavy (non-hydrogen) atoms. The van der Waals surface area contributed by atoms with Gasteiger partial charge in [-0.3, -0.25) is 0 Å². The third-order valence-electron chi connectivity index (χ3n) is 20.1. The highest BCUT2D eigenvalue weighted by atomic mass is 16.5. The molecule has 0 bridgehead atoms. The molecule has 0 spiro atoms. The van der Waals surface area contributed by atoms with Gasteiger partial charge < -0.3 is 9.64 Å². The van der Waals surface area contributed by atoms with E-state index in [9.17, 15) is 0 Å². The van der Waals surface area contributed by atoms with Crippen molar-refractivity contribution in [2.24, 2.45) is 0 Å². The molecule has 434 valence electrons. The predicted molar refractivity (Wildman–Crippen MR) is 371 cm³/mol. The van der Waals surface area contributed by atoms with E-state index in [1.807, 2.05) is 0 Å². The van der Waals surface area contributed by atoms with Gasteiger partial charge in [-0.1, -0.05) is 277 Å². The molecule has 0 N–H and O–H groups in total. The van der Waals surface area contributed by atoms with Gasteiger partial charge in [0.25, 0.3) is 0 Å². The Labute approximate surface area is 526 Å². The first-order chi connectivity index (χ1) is 43.6. The lowest BCUT2D eigenvalue weighted by molar-refractivity contribution is 0.306. The van der Waals surface area contributed by atoms with Crippen molar-refractivity contribution in [2.75, 3.05) is 4.90 Å². The molecule has 2 heteroatoms. The van der Waals surface area contributed by atoms with Crippen LogP contribution in [0.1, 0.15) is 137 Å². The van der Waals surface area contributed by atoms with Gasteiger partial charge in [0.1, 0.15) is 12.4 Å². The van der Waals surface area contributed by atoms with Crippen molar-refractivity contribution in [1.82, 2.24) is 0 Å². The van der Waals surface area contributed by atoms with Crippen LogP contribution in [0.2, 0.25) is 0 Å². The van der Waals surface area contributed by atoms with Crippen LogP contribution in [-0.2, 0) is 35.7 Å². The average Bonchev–Trinajstić information content (AvgIpc) is 1.57. The minimum atomic E-state index is -0.663. The Kier molecular flexibility index (Phi) is 14.3. The number of anilines is 3. The van der Waals surface area contributed by atoms with Gasteiger partial charge in [0.15, 0.2) is 0 Å². The van der Waals surface area contributed by atoms with E-state index in [0.717, 1.165) is 41.2 Å². The SMILES string of the molecule is CCC(CC(C)c1ccc(COc2ccc(C3(c4ccc(C(C)(C)C)cc4)c4ccccc4-c4ccc(N(c5ccccc5)c5ccc6c(c5)C(c5ccccc5)(c5ccccc5)c5ccccc5-6)cc43)cc2)cc1)c1ccc(-c2ccc3c(c2)CC3)cc1. The zero-order chi connectivity index (χ0) is 60.3. The molecule has 0 fully saturated rings. The molecule has 0 saturated heterocycles. The van der Waals surface area contributed by atoms with Gasteiger partial charge in [0.05, 0.1) is 10.8 Å². The van der Waals surface area contributed by atoms with E-state index in [-0.39, 0.29) is 5.41 Å². The molecule has 3 aliphatic carbocycles. The molecule has 2 nitrogen and oxygen atoms in total. The number of hydrogen-bond donors (Lipinski definition) is 0. The van der Waals surface area contributed by atoms with Crippen LogP contribution in [0.4, 0.5) is 17.1 Å². The van der Waals surface area contributed by atoms with Crippen molar-refractivity contribution in [3.8, 4) is 39.1 Å². The monoisotopic (exact) mass is 1150 g/mol. The smallest absolute Gasteiger partial charge is 0.119 e. The standard InChI is InChI=1S/C87H75NO/c1-6-61(63-34-36-64(37-35-63)66-40-38-65-39-41-67(65)55-66)54-59(2)62-32-30-60(31-33-62)58-89-76-50-46-72(47-51-76)87(71-44-42-68(43-45-71)85(3,4)5)82-29-19-17-27-78(82)80-53-49-75(57-84(80)87)88(73-24-14-9-15-25-73)74-48-52-79-77-26-16-18-28-81(77)86(83(79)56-74,69-20-10-7-11-21-69)70-22-12-8-13-23-70/h7-38,40,42-53,55-57,59,61H,6,39,41,54,58H2,1-5H3. The first kappa shape index (κ1) is 55.8. The molecule has 3 aliphatic rings. The number of rotatable bonds is 16. The van der Waals surface area contributed by atoms with E-state index in [0.29, 0.717) is 18.4 Å². The lowest BCUT2D eigenvalue weighted by Gasteiger charge is -2.36. The van der Waals surface area contributed by atoms with Crippen LogP contribution in [0.15, 0.2) is 291 Å². The molecular formula is C87H75NO. The largest absolute Gasteiger partial charge is 0.489 e. The third kappa shape index (κ3) is 9.64. The van der Waals surface area contributed by atoms with Gasteiger partial charge in [-0.15, -0.1) is 0 Å². The second-order valence-corrected chi connectivity index (χ2v) is 26.2. The van der Waals surface area contributed by atoms with Crippen LogP contribution in [0.3, 0.4) is 0 Å². The second kappa shape index (κ2) is 22.8. The maximum Gasteiger partial charge on any atom is 0.119 e. The number of hydrogen-bond acceptors (Lipinski definition) is 2. The molecule has 0 saturated carbocycles. The quantitative estimate of drug-likeness (QED) is 0.0956. The Balaban J connectivity index is 0.770. The summed E-state index contributed by atoms with van der Waals surface area (Å²) in [7, 11) is 0. The zero-order valence-electron chi connectivity index (χ0n) is 51.8. The fraction of sp³-hybridized carbons (Fsp3) is 0.172. The summed E-state index contributed by atoms with van der Waals surface area (Å²) in [5, 5.41) is 0. The first-order valence-corrected chi connectivity index (χ1v) is 32.2. The first-order valence-electron chi connectivity index (χ1n) is 32.2. The van der Waals surface area contributed by atoms with E-state index in [1.54, 1.807) is 0 Å². The van der Waals surface area contributed by atoms with Gasteiger partial charge in [-0.2, -0.15) is 0 Å². The Bertz CT molecular complexity index is 4480. The summed E-state index contributed by atoms with van der Waals surface area (Å²) in [5.41, 5.74) is 28.0. The third-order valence-corrected chi connectivity index (χ3v) is 20.1. The Hall–Kier alpha value is -9.76. The molecule has 0 heterocycles. The van der Waals surface area contributed by atoms with Crippen LogP contribution in [0, 0.1) is 0 Å². The normalized spacial score (nSPS) is 15.6. The van der Waals surface area contributed by atoms with Crippen LogP contribution in [0.5, 0.6) is 5.75 Å².